The van der Waals surface area contributed by atoms with E-state index < -0.39 is 12.1 Å². The van der Waals surface area contributed by atoms with Crippen LogP contribution in [0.25, 0.3) is 0 Å². The number of nitrogens with zero attached hydrogens (tertiary/aromatic N) is 5. The highest BCUT2D eigenvalue weighted by atomic mass is 19.4. The number of hydrogen-bond donors (Lipinski definition) is 1. The van der Waals surface area contributed by atoms with Gasteiger partial charge in [-0.3, -0.25) is 4.79 Å². The molecule has 0 atom stereocenters. The summed E-state index contributed by atoms with van der Waals surface area (Å²) in [5.74, 6) is -1.59. The molecule has 0 radical (unpaired) electrons. The Labute approximate surface area is 160 Å². The van der Waals surface area contributed by atoms with Gasteiger partial charge in [0, 0.05) is 32.0 Å². The predicted octanol–water partition coefficient (Wildman–Crippen LogP) is 4.73. The minimum Gasteiger partial charge on any atom is -0.368 e. The second-order valence-corrected chi connectivity index (χ2v) is 6.43. The fourth-order valence-corrected chi connectivity index (χ4v) is 3.08. The molecule has 7 nitrogen and oxygen atoms in total. The molecule has 0 spiro atoms. The smallest absolute Gasteiger partial charge is 0.368 e. The van der Waals surface area contributed by atoms with Gasteiger partial charge < -0.3 is 14.8 Å². The van der Waals surface area contributed by atoms with E-state index in [2.05, 4.69) is 27.1 Å². The van der Waals surface area contributed by atoms with E-state index in [9.17, 15) is 18.0 Å². The summed E-state index contributed by atoms with van der Waals surface area (Å²) in [6.45, 7) is 3.13. The third kappa shape index (κ3) is 4.49. The fraction of sp³-hybridized carbons (Fsp3) is 0.444. The Balaban J connectivity index is 1.92. The van der Waals surface area contributed by atoms with Crippen LogP contribution in [-0.4, -0.2) is 41.7 Å². The Morgan fingerprint density at radius 2 is 2.04 bits per heavy atom. The zero-order chi connectivity index (χ0) is 20.1. The Morgan fingerprint density at radius 1 is 1.21 bits per heavy atom. The SMILES string of the molecule is CCCCCN1CCN(C(=O)C(F)(F)F)c2cc(/N=N/c3ncc[nH]3)ccc21. The lowest BCUT2D eigenvalue weighted by molar-refractivity contribution is -0.170. The van der Waals surface area contributed by atoms with E-state index in [1.807, 2.05) is 4.90 Å². The molecule has 0 fully saturated rings. The van der Waals surface area contributed by atoms with E-state index in [0.29, 0.717) is 17.9 Å². The maximum Gasteiger partial charge on any atom is 0.471 e. The number of imidazole rings is 1. The van der Waals surface area contributed by atoms with Gasteiger partial charge in [0.15, 0.2) is 0 Å². The first-order valence-corrected chi connectivity index (χ1v) is 9.09. The number of hydrogen-bond acceptors (Lipinski definition) is 5. The first kappa shape index (κ1) is 19.8. The number of azo groups is 1. The molecule has 150 valence electrons. The molecule has 0 saturated carbocycles. The number of fused-ring (bicyclic) bond motifs is 1. The van der Waals surface area contributed by atoms with Gasteiger partial charge in [0.25, 0.3) is 0 Å². The third-order valence-corrected chi connectivity index (χ3v) is 4.45. The molecule has 1 amide bonds. The number of nitrogens with one attached hydrogen (secondary N) is 1. The number of halogens is 3. The Kier molecular flexibility index (Phi) is 5.96. The van der Waals surface area contributed by atoms with Gasteiger partial charge in [0.2, 0.25) is 5.95 Å². The Morgan fingerprint density at radius 3 is 2.71 bits per heavy atom. The van der Waals surface area contributed by atoms with E-state index in [0.717, 1.165) is 30.7 Å². The lowest BCUT2D eigenvalue weighted by atomic mass is 10.1. The zero-order valence-corrected chi connectivity index (χ0v) is 15.4. The normalized spacial score (nSPS) is 14.6. The number of amides is 1. The van der Waals surface area contributed by atoms with Crippen molar-refractivity contribution in [1.29, 1.82) is 0 Å². The van der Waals surface area contributed by atoms with E-state index in [1.54, 1.807) is 18.3 Å². The number of carbonyl (C=O) groups excluding carboxylic acids is 1. The highest BCUT2D eigenvalue weighted by molar-refractivity contribution is 6.01. The maximum absolute atomic E-state index is 13.0. The summed E-state index contributed by atoms with van der Waals surface area (Å²) in [5.41, 5.74) is 1.13. The van der Waals surface area contributed by atoms with Crippen LogP contribution in [0.5, 0.6) is 0 Å². The molecule has 1 aromatic carbocycles. The average molecular weight is 394 g/mol. The summed E-state index contributed by atoms with van der Waals surface area (Å²) in [6.07, 6.45) is 1.17. The standard InChI is InChI=1S/C18H21F3N6O/c1-2-3-4-9-26-10-11-27(16(28)18(19,20)21)15-12-13(5-6-14(15)26)24-25-17-22-7-8-23-17/h5-8,12H,2-4,9-11H2,1H3,(H,22,23)/b25-24+. The van der Waals surface area contributed by atoms with Crippen molar-refractivity contribution in [2.24, 2.45) is 10.2 Å². The third-order valence-electron chi connectivity index (χ3n) is 4.45. The van der Waals surface area contributed by atoms with Crippen molar-refractivity contribution in [3.8, 4) is 0 Å². The highest BCUT2D eigenvalue weighted by Gasteiger charge is 2.44. The van der Waals surface area contributed by atoms with Crippen molar-refractivity contribution in [1.82, 2.24) is 9.97 Å². The van der Waals surface area contributed by atoms with Crippen LogP contribution in [0, 0.1) is 0 Å². The molecule has 28 heavy (non-hydrogen) atoms. The minimum absolute atomic E-state index is 0.0315. The largest absolute Gasteiger partial charge is 0.471 e. The molecule has 3 rings (SSSR count). The molecular formula is C18H21F3N6O. The van der Waals surface area contributed by atoms with E-state index >= 15 is 0 Å². The molecule has 1 aliphatic heterocycles. The van der Waals surface area contributed by atoms with Crippen molar-refractivity contribution in [2.75, 3.05) is 29.4 Å². The van der Waals surface area contributed by atoms with Gasteiger partial charge in [0.05, 0.1) is 17.1 Å². The summed E-state index contributed by atoms with van der Waals surface area (Å²) in [6, 6.07) is 4.81. The summed E-state index contributed by atoms with van der Waals surface area (Å²) < 4.78 is 39.1. The number of unbranched alkanes of at least 4 members (excludes halogenated alkanes) is 2. The number of benzene rings is 1. The Bertz CT molecular complexity index is 834. The first-order chi connectivity index (χ1) is 13.4. The summed E-state index contributed by atoms with van der Waals surface area (Å²) >= 11 is 0. The van der Waals surface area contributed by atoms with Gasteiger partial charge in [-0.15, -0.1) is 10.2 Å². The van der Waals surface area contributed by atoms with Crippen LogP contribution >= 0.6 is 0 Å². The van der Waals surface area contributed by atoms with Gasteiger partial charge in [-0.25, -0.2) is 4.98 Å². The average Bonchev–Trinajstić information content (AvgIpc) is 3.19. The lowest BCUT2D eigenvalue weighted by Gasteiger charge is -2.38. The zero-order valence-electron chi connectivity index (χ0n) is 15.4. The quantitative estimate of drug-likeness (QED) is 0.568. The topological polar surface area (TPSA) is 76.9 Å². The van der Waals surface area contributed by atoms with Gasteiger partial charge in [-0.1, -0.05) is 19.8 Å². The number of alkyl halides is 3. The van der Waals surface area contributed by atoms with E-state index in [-0.39, 0.29) is 18.2 Å². The summed E-state index contributed by atoms with van der Waals surface area (Å²) in [7, 11) is 0. The van der Waals surface area contributed by atoms with E-state index in [4.69, 9.17) is 0 Å². The van der Waals surface area contributed by atoms with Crippen molar-refractivity contribution in [2.45, 2.75) is 32.4 Å². The number of carbonyl (C=O) groups is 1. The van der Waals surface area contributed by atoms with Crippen LogP contribution in [0.1, 0.15) is 26.2 Å². The van der Waals surface area contributed by atoms with Crippen molar-refractivity contribution in [3.05, 3.63) is 30.6 Å². The van der Waals surface area contributed by atoms with Crippen LogP contribution in [-0.2, 0) is 4.79 Å². The van der Waals surface area contributed by atoms with Crippen LogP contribution in [0.4, 0.5) is 36.2 Å². The number of aromatic nitrogens is 2. The molecule has 2 aromatic rings. The molecule has 0 saturated heterocycles. The Hall–Kier alpha value is -2.91. The predicted molar refractivity (Wildman–Crippen MR) is 99.4 cm³/mol. The number of rotatable bonds is 6. The van der Waals surface area contributed by atoms with Gasteiger partial charge in [-0.05, 0) is 24.6 Å². The molecule has 1 N–H and O–H groups in total. The van der Waals surface area contributed by atoms with Crippen LogP contribution < -0.4 is 9.80 Å². The summed E-state index contributed by atoms with van der Waals surface area (Å²) in [4.78, 5) is 21.4. The van der Waals surface area contributed by atoms with Crippen molar-refractivity contribution < 1.29 is 18.0 Å². The molecular weight excluding hydrogens is 373 g/mol. The van der Waals surface area contributed by atoms with Crippen LogP contribution in [0.3, 0.4) is 0 Å². The van der Waals surface area contributed by atoms with Crippen LogP contribution in [0.2, 0.25) is 0 Å². The highest BCUT2D eigenvalue weighted by Crippen LogP contribution is 2.38. The number of H-pyrrole nitrogens is 1. The molecule has 2 heterocycles. The van der Waals surface area contributed by atoms with Crippen molar-refractivity contribution >= 4 is 28.9 Å². The summed E-state index contributed by atoms with van der Waals surface area (Å²) in [5, 5.41) is 7.91. The molecule has 1 aromatic heterocycles. The van der Waals surface area contributed by atoms with Gasteiger partial charge in [-0.2, -0.15) is 13.2 Å². The van der Waals surface area contributed by atoms with Gasteiger partial charge >= 0.3 is 12.1 Å². The minimum atomic E-state index is -4.94. The molecule has 0 bridgehead atoms. The van der Waals surface area contributed by atoms with E-state index in [1.165, 1.54) is 12.3 Å². The maximum atomic E-state index is 13.0. The second-order valence-electron chi connectivity index (χ2n) is 6.43. The second kappa shape index (κ2) is 8.41. The molecule has 0 aliphatic carbocycles. The monoisotopic (exact) mass is 394 g/mol. The lowest BCUT2D eigenvalue weighted by Crippen LogP contribution is -2.49. The van der Waals surface area contributed by atoms with Crippen LogP contribution in [0.15, 0.2) is 40.8 Å². The molecule has 10 heteroatoms. The van der Waals surface area contributed by atoms with Crippen molar-refractivity contribution in [3.63, 3.8) is 0 Å². The van der Waals surface area contributed by atoms with Gasteiger partial charge in [0.1, 0.15) is 0 Å². The fourth-order valence-electron chi connectivity index (χ4n) is 3.08. The number of aromatic amines is 1. The molecule has 1 aliphatic rings. The molecule has 0 unspecified atom stereocenters. The first-order valence-electron chi connectivity index (χ1n) is 9.09. The number of anilines is 2.